The Bertz CT molecular complexity index is 287. The van der Waals surface area contributed by atoms with Crippen LogP contribution in [0, 0.1) is 0 Å². The largest absolute Gasteiger partial charge is 0.446 e. The highest BCUT2D eigenvalue weighted by Gasteiger charge is 2.58. The zero-order valence-corrected chi connectivity index (χ0v) is 8.91. The lowest BCUT2D eigenvalue weighted by Gasteiger charge is -2.24. The molecule has 5 N–H and O–H groups in total. The Morgan fingerprint density at radius 1 is 1.43 bits per heavy atom. The number of hydrogen-bond donors (Lipinski definition) is 5. The van der Waals surface area contributed by atoms with Gasteiger partial charge < -0.3 is 14.6 Å². The number of aromatic nitrogens is 2. The highest BCUT2D eigenvalue weighted by atomic mass is 31.2. The van der Waals surface area contributed by atoms with Crippen LogP contribution in [0.2, 0.25) is 0 Å². The smallest absolute Gasteiger partial charge is 0.370 e. The van der Waals surface area contributed by atoms with Crippen molar-refractivity contribution in [3.05, 3.63) is 18.7 Å². The number of nitrogens with zero attached hydrogens (tertiary/aromatic N) is 2. The monoisotopic (exact) mass is 241 g/mol. The van der Waals surface area contributed by atoms with Gasteiger partial charge in [0.05, 0.1) is 15.1 Å². The zero-order valence-electron chi connectivity index (χ0n) is 7.02. The summed E-state index contributed by atoms with van der Waals surface area (Å²) in [7, 11) is -5.71. The third-order valence-corrected chi connectivity index (χ3v) is 4.49. The van der Waals surface area contributed by atoms with Gasteiger partial charge in [0, 0.05) is 12.4 Å². The van der Waals surface area contributed by atoms with Gasteiger partial charge in [-0.3, -0.25) is 0 Å². The molecule has 80 valence electrons. The number of rotatable bonds is 4. The predicted octanol–water partition coefficient (Wildman–Crippen LogP) is -1.15. The molecular formula is C5H11N2O5P2+. The summed E-state index contributed by atoms with van der Waals surface area (Å²) in [5, 5.41) is 7.23. The molecule has 0 saturated carbocycles. The SMILES string of the molecule is OPC(O)(Cn1ccnc1)[P+](O)(O)O. The van der Waals surface area contributed by atoms with E-state index in [0.29, 0.717) is 0 Å². The Balaban J connectivity index is 2.82. The molecule has 0 aromatic carbocycles. The molecule has 1 aromatic rings. The predicted molar refractivity (Wildman–Crippen MR) is 51.3 cm³/mol. The lowest BCUT2D eigenvalue weighted by Crippen LogP contribution is -2.31. The quantitative estimate of drug-likeness (QED) is 0.425. The highest BCUT2D eigenvalue weighted by Crippen LogP contribution is 2.64. The first-order chi connectivity index (χ1) is 6.39. The molecule has 0 saturated heterocycles. The van der Waals surface area contributed by atoms with Crippen molar-refractivity contribution in [3.8, 4) is 0 Å². The Labute approximate surface area is 82.1 Å². The van der Waals surface area contributed by atoms with Crippen molar-refractivity contribution in [1.29, 1.82) is 0 Å². The van der Waals surface area contributed by atoms with E-state index < -0.39 is 21.8 Å². The molecular weight excluding hydrogens is 230 g/mol. The first-order valence-electron chi connectivity index (χ1n) is 3.56. The van der Waals surface area contributed by atoms with E-state index >= 15 is 0 Å². The molecule has 0 bridgehead atoms. The second-order valence-electron chi connectivity index (χ2n) is 2.73. The van der Waals surface area contributed by atoms with Crippen LogP contribution >= 0.6 is 16.8 Å². The third-order valence-electron chi connectivity index (χ3n) is 1.64. The summed E-state index contributed by atoms with van der Waals surface area (Å²) in [6.45, 7) is -0.334. The van der Waals surface area contributed by atoms with Crippen molar-refractivity contribution < 1.29 is 24.7 Å². The summed E-state index contributed by atoms with van der Waals surface area (Å²) in [5.41, 5.74) is 0. The van der Waals surface area contributed by atoms with Crippen LogP contribution in [0.25, 0.3) is 0 Å². The summed E-state index contributed by atoms with van der Waals surface area (Å²) in [5.74, 6) is 0. The lowest BCUT2D eigenvalue weighted by atomic mass is 10.6. The van der Waals surface area contributed by atoms with Crippen LogP contribution in [0.15, 0.2) is 18.7 Å². The van der Waals surface area contributed by atoms with Crippen molar-refractivity contribution >= 4 is 16.8 Å². The van der Waals surface area contributed by atoms with Gasteiger partial charge in [-0.05, 0) is 0 Å². The van der Waals surface area contributed by atoms with Crippen LogP contribution in [-0.2, 0) is 6.54 Å². The molecule has 0 amide bonds. The average Bonchev–Trinajstić information content (AvgIpc) is 2.54. The molecule has 0 aliphatic heterocycles. The standard InChI is InChI=1S/C5H11N2O5P2/c8-5(13-9,14(10,11)12)3-7-2-1-6-4-7/h1-2,4,8-13H,3H2/q+1. The van der Waals surface area contributed by atoms with Gasteiger partial charge in [-0.15, -0.1) is 0 Å². The molecule has 14 heavy (non-hydrogen) atoms. The van der Waals surface area contributed by atoms with Crippen LogP contribution in [0.3, 0.4) is 0 Å². The minimum Gasteiger partial charge on any atom is -0.370 e. The van der Waals surface area contributed by atoms with E-state index in [-0.39, 0.29) is 6.54 Å². The molecule has 0 aliphatic rings. The van der Waals surface area contributed by atoms with E-state index in [9.17, 15) is 5.11 Å². The Morgan fingerprint density at radius 2 is 2.07 bits per heavy atom. The van der Waals surface area contributed by atoms with Gasteiger partial charge in [0.15, 0.2) is 0 Å². The molecule has 1 rings (SSSR count). The first kappa shape index (κ1) is 11.9. The fourth-order valence-electron chi connectivity index (χ4n) is 0.832. The Hall–Kier alpha value is -0.130. The summed E-state index contributed by atoms with van der Waals surface area (Å²) < 4.78 is 1.32. The van der Waals surface area contributed by atoms with Gasteiger partial charge in [-0.1, -0.05) is 0 Å². The number of hydrogen-bond acceptors (Lipinski definition) is 6. The minimum atomic E-state index is -4.51. The van der Waals surface area contributed by atoms with Crippen LogP contribution < -0.4 is 0 Å². The molecule has 0 radical (unpaired) electrons. The van der Waals surface area contributed by atoms with E-state index in [1.54, 1.807) is 0 Å². The van der Waals surface area contributed by atoms with Crippen LogP contribution in [0.5, 0.6) is 0 Å². The molecule has 1 aromatic heterocycles. The first-order valence-corrected chi connectivity index (χ1v) is 6.15. The number of imidazole rings is 1. The summed E-state index contributed by atoms with van der Waals surface area (Å²) in [4.78, 5) is 39.2. The van der Waals surface area contributed by atoms with Crippen molar-refractivity contribution in [2.45, 2.75) is 11.6 Å². The van der Waals surface area contributed by atoms with E-state index in [4.69, 9.17) is 19.6 Å². The topological polar surface area (TPSA) is 119 Å². The second-order valence-corrected chi connectivity index (χ2v) is 6.08. The fraction of sp³-hybridized carbons (Fsp3) is 0.400. The van der Waals surface area contributed by atoms with Gasteiger partial charge in [-0.2, -0.15) is 14.7 Å². The molecule has 2 atom stereocenters. The van der Waals surface area contributed by atoms with Gasteiger partial charge in [0.2, 0.25) is 0 Å². The Kier molecular flexibility index (Phi) is 3.55. The summed E-state index contributed by atoms with van der Waals surface area (Å²) in [6.07, 6.45) is 4.20. The molecule has 0 spiro atoms. The van der Waals surface area contributed by atoms with Crippen LogP contribution in [-0.4, -0.2) is 39.3 Å². The van der Waals surface area contributed by atoms with Crippen molar-refractivity contribution in [3.63, 3.8) is 0 Å². The van der Waals surface area contributed by atoms with E-state index in [2.05, 4.69) is 4.98 Å². The normalized spacial score (nSPS) is 17.5. The summed E-state index contributed by atoms with van der Waals surface area (Å²) >= 11 is 0. The van der Waals surface area contributed by atoms with Gasteiger partial charge in [-0.25, -0.2) is 4.98 Å². The van der Waals surface area contributed by atoms with E-state index in [1.807, 2.05) is 0 Å². The lowest BCUT2D eigenvalue weighted by molar-refractivity contribution is 0.129. The van der Waals surface area contributed by atoms with Crippen LogP contribution in [0.4, 0.5) is 0 Å². The van der Waals surface area contributed by atoms with Crippen molar-refractivity contribution in [1.82, 2.24) is 9.55 Å². The maximum atomic E-state index is 9.54. The zero-order chi connectivity index (χ0) is 10.8. The summed E-state index contributed by atoms with van der Waals surface area (Å²) in [6, 6.07) is 0. The van der Waals surface area contributed by atoms with Gasteiger partial charge in [0.1, 0.15) is 6.54 Å². The van der Waals surface area contributed by atoms with Gasteiger partial charge in [0.25, 0.3) is 0 Å². The average molecular weight is 241 g/mol. The van der Waals surface area contributed by atoms with E-state index in [0.717, 1.165) is 0 Å². The minimum absolute atomic E-state index is 0.334. The van der Waals surface area contributed by atoms with Crippen molar-refractivity contribution in [2.24, 2.45) is 0 Å². The second kappa shape index (κ2) is 4.16. The number of aliphatic hydroxyl groups is 1. The maximum absolute atomic E-state index is 9.54. The van der Waals surface area contributed by atoms with Crippen LogP contribution in [0.1, 0.15) is 0 Å². The molecule has 0 fully saturated rings. The van der Waals surface area contributed by atoms with Crippen molar-refractivity contribution in [2.75, 3.05) is 0 Å². The fourth-order valence-corrected chi connectivity index (χ4v) is 1.98. The van der Waals surface area contributed by atoms with Gasteiger partial charge >= 0.3 is 13.0 Å². The highest BCUT2D eigenvalue weighted by molar-refractivity contribution is 7.69. The molecule has 1 heterocycles. The maximum Gasteiger partial charge on any atom is 0.446 e. The molecule has 2 unspecified atom stereocenters. The molecule has 9 heteroatoms. The van der Waals surface area contributed by atoms with E-state index in [1.165, 1.54) is 23.3 Å². The third kappa shape index (κ3) is 2.46. The Morgan fingerprint density at radius 3 is 2.43 bits per heavy atom. The molecule has 0 aliphatic carbocycles. The molecule has 7 nitrogen and oxygen atoms in total.